The van der Waals surface area contributed by atoms with Gasteiger partial charge in [0.15, 0.2) is 6.80 Å². The first kappa shape index (κ1) is 9.80. The zero-order valence-electron chi connectivity index (χ0n) is 6.71. The fraction of sp³-hybridized carbons (Fsp3) is 0.125. The minimum atomic E-state index is -0.936. The molecule has 0 bridgehead atoms. The molecule has 0 unspecified atom stereocenters. The number of carbonyl (C=O) groups is 1. The van der Waals surface area contributed by atoms with Crippen LogP contribution in [0.1, 0.15) is 0 Å². The lowest BCUT2D eigenvalue weighted by molar-refractivity contribution is 0.244. The van der Waals surface area contributed by atoms with Crippen LogP contribution in [-0.4, -0.2) is 12.8 Å². The van der Waals surface area contributed by atoms with Crippen LogP contribution in [0.4, 0.5) is 14.9 Å². The predicted octanol–water partition coefficient (Wildman–Crippen LogP) is 2.28. The molecule has 0 saturated heterocycles. The van der Waals surface area contributed by atoms with Crippen molar-refractivity contribution in [1.29, 1.82) is 0 Å². The Kier molecular flexibility index (Phi) is 3.52. The zero-order valence-corrected chi connectivity index (χ0v) is 7.46. The highest BCUT2D eigenvalue weighted by Crippen LogP contribution is 2.15. The number of urea groups is 1. The Hall–Kier alpha value is -1.29. The number of carbonyl (C=O) groups excluding carboxylic acids is 1. The average Bonchev–Trinajstić information content (AvgIpc) is 2.18. The lowest BCUT2D eigenvalue weighted by atomic mass is 10.3. The number of benzene rings is 1. The lowest BCUT2D eigenvalue weighted by Crippen LogP contribution is -2.33. The second-order valence-corrected chi connectivity index (χ2v) is 2.57. The van der Waals surface area contributed by atoms with Gasteiger partial charge in [0, 0.05) is 11.8 Å². The molecule has 0 fully saturated rings. The largest absolute Gasteiger partial charge is 0.338 e. The molecule has 0 aliphatic rings. The van der Waals surface area contributed by atoms with Crippen molar-refractivity contribution in [3.63, 3.8) is 0 Å². The summed E-state index contributed by atoms with van der Waals surface area (Å²) in [6.07, 6.45) is 0. The highest BCUT2D eigenvalue weighted by Gasteiger charge is 2.11. The van der Waals surface area contributed by atoms with Gasteiger partial charge in [0.25, 0.3) is 0 Å². The smallest absolute Gasteiger partial charge is 0.309 e. The molecule has 70 valence electrons. The Labute approximate surface area is 80.2 Å². The number of hydrogen-bond acceptors (Lipinski definition) is 1. The van der Waals surface area contributed by atoms with E-state index in [1.807, 2.05) is 5.32 Å². The third kappa shape index (κ3) is 2.59. The number of nitrogens with one attached hydrogen (secondary N) is 1. The van der Waals surface area contributed by atoms with E-state index in [1.165, 1.54) is 0 Å². The normalized spacial score (nSPS) is 9.38. The van der Waals surface area contributed by atoms with Gasteiger partial charge in [0.1, 0.15) is 0 Å². The second kappa shape index (κ2) is 4.67. The predicted molar refractivity (Wildman–Crippen MR) is 49.3 cm³/mol. The molecule has 0 aliphatic carbocycles. The summed E-state index contributed by atoms with van der Waals surface area (Å²) in [5.41, 5.74) is 0.495. The maximum absolute atomic E-state index is 11.7. The summed E-state index contributed by atoms with van der Waals surface area (Å²) in [7, 11) is 0. The van der Waals surface area contributed by atoms with Gasteiger partial charge in [-0.25, -0.2) is 13.6 Å². The van der Waals surface area contributed by atoms with Gasteiger partial charge in [0.2, 0.25) is 0 Å². The molecular formula is C8H8ClFN2O. The molecule has 1 N–H and O–H groups in total. The first-order valence-corrected chi connectivity index (χ1v) is 3.94. The van der Waals surface area contributed by atoms with Gasteiger partial charge in [-0.15, -0.1) is 0 Å². The van der Waals surface area contributed by atoms with Gasteiger partial charge in [0.05, 0.1) is 5.69 Å². The molecule has 1 aromatic rings. The first-order chi connectivity index (χ1) is 6.25. The summed E-state index contributed by atoms with van der Waals surface area (Å²) in [6, 6.07) is 7.85. The standard InChI is InChI=1S/C8H8ClFN2O/c9-12(8(13)11-6-10)7-4-2-1-3-5-7/h1-5H,6H2,(H,11,13). The van der Waals surface area contributed by atoms with Gasteiger partial charge >= 0.3 is 6.03 Å². The van der Waals surface area contributed by atoms with Crippen LogP contribution < -0.4 is 9.74 Å². The van der Waals surface area contributed by atoms with Crippen LogP contribution in [0.25, 0.3) is 0 Å². The van der Waals surface area contributed by atoms with Crippen molar-refractivity contribution in [2.45, 2.75) is 0 Å². The van der Waals surface area contributed by atoms with Gasteiger partial charge in [-0.3, -0.25) is 0 Å². The van der Waals surface area contributed by atoms with Crippen molar-refractivity contribution in [1.82, 2.24) is 5.32 Å². The maximum Gasteiger partial charge on any atom is 0.338 e. The van der Waals surface area contributed by atoms with Crippen LogP contribution in [-0.2, 0) is 0 Å². The summed E-state index contributed by atoms with van der Waals surface area (Å²) in [6.45, 7) is -0.936. The molecule has 5 heteroatoms. The Morgan fingerprint density at radius 1 is 1.46 bits per heavy atom. The highest BCUT2D eigenvalue weighted by atomic mass is 35.5. The molecule has 0 radical (unpaired) electrons. The Bertz CT molecular complexity index is 281. The van der Waals surface area contributed by atoms with Crippen molar-refractivity contribution in [2.24, 2.45) is 0 Å². The SMILES string of the molecule is O=C(NCF)N(Cl)c1ccccc1. The first-order valence-electron chi connectivity index (χ1n) is 3.60. The zero-order chi connectivity index (χ0) is 9.68. The summed E-state index contributed by atoms with van der Waals surface area (Å²) in [4.78, 5) is 11.0. The second-order valence-electron chi connectivity index (χ2n) is 2.23. The molecule has 0 aliphatic heterocycles. The van der Waals surface area contributed by atoms with E-state index in [1.54, 1.807) is 30.3 Å². The number of hydrogen-bond donors (Lipinski definition) is 1. The van der Waals surface area contributed by atoms with Crippen LogP contribution in [0, 0.1) is 0 Å². The van der Waals surface area contributed by atoms with E-state index < -0.39 is 12.8 Å². The van der Waals surface area contributed by atoms with E-state index in [0.717, 1.165) is 4.42 Å². The number of anilines is 1. The maximum atomic E-state index is 11.7. The summed E-state index contributed by atoms with van der Waals surface area (Å²) in [5.74, 6) is 0. The van der Waals surface area contributed by atoms with E-state index in [0.29, 0.717) is 5.69 Å². The average molecular weight is 203 g/mol. The Balaban J connectivity index is 2.68. The number of nitrogens with zero attached hydrogens (tertiary/aromatic N) is 1. The third-order valence-corrected chi connectivity index (χ3v) is 1.73. The molecule has 0 atom stereocenters. The van der Waals surface area contributed by atoms with Gasteiger partial charge in [-0.05, 0) is 12.1 Å². The molecular weight excluding hydrogens is 195 g/mol. The van der Waals surface area contributed by atoms with Gasteiger partial charge < -0.3 is 5.32 Å². The monoisotopic (exact) mass is 202 g/mol. The summed E-state index contributed by atoms with van der Waals surface area (Å²) < 4.78 is 12.5. The van der Waals surface area contributed by atoms with E-state index in [9.17, 15) is 9.18 Å². The molecule has 1 rings (SSSR count). The number of halogens is 2. The van der Waals surface area contributed by atoms with Crippen LogP contribution >= 0.6 is 11.8 Å². The fourth-order valence-corrected chi connectivity index (χ4v) is 0.975. The van der Waals surface area contributed by atoms with Crippen molar-refractivity contribution < 1.29 is 9.18 Å². The summed E-state index contributed by atoms with van der Waals surface area (Å²) >= 11 is 5.59. The molecule has 0 spiro atoms. The van der Waals surface area contributed by atoms with E-state index in [-0.39, 0.29) is 0 Å². The van der Waals surface area contributed by atoms with Crippen molar-refractivity contribution in [2.75, 3.05) is 11.2 Å². The van der Waals surface area contributed by atoms with Crippen LogP contribution in [0.3, 0.4) is 0 Å². The number of rotatable bonds is 2. The van der Waals surface area contributed by atoms with E-state index in [4.69, 9.17) is 11.8 Å². The molecule has 0 heterocycles. The molecule has 0 aromatic heterocycles. The summed E-state index contributed by atoms with van der Waals surface area (Å²) in [5, 5.41) is 1.93. The number of alkyl halides is 1. The lowest BCUT2D eigenvalue weighted by Gasteiger charge is -2.12. The van der Waals surface area contributed by atoms with Crippen molar-refractivity contribution >= 4 is 23.5 Å². The van der Waals surface area contributed by atoms with Crippen molar-refractivity contribution in [3.8, 4) is 0 Å². The Morgan fingerprint density at radius 2 is 2.08 bits per heavy atom. The van der Waals surface area contributed by atoms with Crippen molar-refractivity contribution in [3.05, 3.63) is 30.3 Å². The quantitative estimate of drug-likeness (QED) is 0.579. The van der Waals surface area contributed by atoms with E-state index in [2.05, 4.69) is 0 Å². The molecule has 0 saturated carbocycles. The number of amides is 2. The van der Waals surface area contributed by atoms with E-state index >= 15 is 0 Å². The molecule has 3 nitrogen and oxygen atoms in total. The Morgan fingerprint density at radius 3 is 2.62 bits per heavy atom. The van der Waals surface area contributed by atoms with Gasteiger partial charge in [-0.1, -0.05) is 18.2 Å². The molecule has 1 aromatic carbocycles. The third-order valence-electron chi connectivity index (χ3n) is 1.38. The highest BCUT2D eigenvalue weighted by molar-refractivity contribution is 6.36. The minimum Gasteiger partial charge on any atom is -0.309 e. The topological polar surface area (TPSA) is 32.3 Å². The van der Waals surface area contributed by atoms with Crippen LogP contribution in [0.15, 0.2) is 30.3 Å². The minimum absolute atomic E-state index is 0.495. The molecule has 13 heavy (non-hydrogen) atoms. The fourth-order valence-electron chi connectivity index (χ4n) is 0.803. The number of para-hydroxylation sites is 1. The van der Waals surface area contributed by atoms with Crippen LogP contribution in [0.5, 0.6) is 0 Å². The van der Waals surface area contributed by atoms with Gasteiger partial charge in [-0.2, -0.15) is 0 Å². The van der Waals surface area contributed by atoms with Crippen LogP contribution in [0.2, 0.25) is 0 Å². The molecule has 2 amide bonds.